The lowest BCUT2D eigenvalue weighted by Crippen LogP contribution is -2.54. The summed E-state index contributed by atoms with van der Waals surface area (Å²) in [4.78, 5) is 37.8. The summed E-state index contributed by atoms with van der Waals surface area (Å²) in [5.41, 5.74) is -0.700. The van der Waals surface area contributed by atoms with Crippen LogP contribution >= 0.6 is 0 Å². The maximum atomic E-state index is 12.9. The molecule has 1 heterocycles. The number of hydrogen-bond acceptors (Lipinski definition) is 4. The molecule has 0 aromatic carbocycles. The lowest BCUT2D eigenvalue weighted by Gasteiger charge is -2.32. The van der Waals surface area contributed by atoms with Gasteiger partial charge < -0.3 is 20.1 Å². The zero-order valence-corrected chi connectivity index (χ0v) is 15.2. The zero-order chi connectivity index (χ0) is 19.2. The number of ether oxygens (including phenoxy) is 1. The number of aliphatic carboxylic acids is 1. The molecule has 0 spiro atoms. The smallest absolute Gasteiger partial charge is 0.408 e. The van der Waals surface area contributed by atoms with Crippen LogP contribution in [0.1, 0.15) is 46.5 Å². The Morgan fingerprint density at radius 3 is 2.40 bits per heavy atom. The molecule has 25 heavy (non-hydrogen) atoms. The second-order valence-corrected chi connectivity index (χ2v) is 7.08. The third-order valence-electron chi connectivity index (χ3n) is 3.87. The highest BCUT2D eigenvalue weighted by atomic mass is 16.6. The Hall–Kier alpha value is -2.31. The van der Waals surface area contributed by atoms with Gasteiger partial charge in [0.1, 0.15) is 17.7 Å². The van der Waals surface area contributed by atoms with E-state index in [0.29, 0.717) is 19.3 Å². The van der Waals surface area contributed by atoms with Crippen molar-refractivity contribution in [1.82, 2.24) is 10.2 Å². The molecule has 1 aliphatic heterocycles. The van der Waals surface area contributed by atoms with Gasteiger partial charge in [-0.05, 0) is 46.5 Å². The number of amides is 2. The fraction of sp³-hybridized carbons (Fsp3) is 0.611. The molecule has 0 aliphatic carbocycles. The van der Waals surface area contributed by atoms with E-state index < -0.39 is 35.7 Å². The van der Waals surface area contributed by atoms with Gasteiger partial charge in [-0.1, -0.05) is 12.2 Å². The Kier molecular flexibility index (Phi) is 7.21. The van der Waals surface area contributed by atoms with Crippen molar-refractivity contribution in [2.45, 2.75) is 70.2 Å². The number of carbonyl (C=O) groups is 3. The number of carboxylic acids is 1. The molecule has 1 rings (SSSR count). The van der Waals surface area contributed by atoms with Crippen LogP contribution in [0.15, 0.2) is 25.3 Å². The summed E-state index contributed by atoms with van der Waals surface area (Å²) in [5, 5.41) is 11.9. The van der Waals surface area contributed by atoms with E-state index >= 15 is 0 Å². The van der Waals surface area contributed by atoms with Crippen LogP contribution in [0.5, 0.6) is 0 Å². The molecule has 2 unspecified atom stereocenters. The lowest BCUT2D eigenvalue weighted by atomic mass is 10.1. The van der Waals surface area contributed by atoms with Crippen LogP contribution in [-0.2, 0) is 14.3 Å². The molecular weight excluding hydrogens is 324 g/mol. The summed E-state index contributed by atoms with van der Waals surface area (Å²) in [5.74, 6) is -1.49. The van der Waals surface area contributed by atoms with Gasteiger partial charge in [-0.2, -0.15) is 0 Å². The Morgan fingerprint density at radius 2 is 1.92 bits per heavy atom. The van der Waals surface area contributed by atoms with Gasteiger partial charge in [-0.3, -0.25) is 4.79 Å². The molecule has 0 saturated carbocycles. The largest absolute Gasteiger partial charge is 0.480 e. The minimum absolute atomic E-state index is 0.182. The molecule has 7 nitrogen and oxygen atoms in total. The zero-order valence-electron chi connectivity index (χ0n) is 15.2. The second-order valence-electron chi connectivity index (χ2n) is 7.08. The molecule has 0 aromatic rings. The standard InChI is InChI=1S/C18H28N2O5/c1-6-8-12-10-11-14(16(22)23)20(12)15(21)13(9-7-2)19-17(24)25-18(3,4)5/h6-7,12-14H,1-2,8-11H2,3-5H3,(H,19,24)(H,22,23)/t12?,13?,14-/m0/s1. The molecule has 140 valence electrons. The highest BCUT2D eigenvalue weighted by Gasteiger charge is 2.42. The van der Waals surface area contributed by atoms with E-state index in [1.807, 2.05) is 0 Å². The number of alkyl carbamates (subject to hydrolysis) is 1. The van der Waals surface area contributed by atoms with E-state index in [2.05, 4.69) is 18.5 Å². The monoisotopic (exact) mass is 352 g/mol. The molecule has 1 saturated heterocycles. The predicted molar refractivity (Wildman–Crippen MR) is 94.1 cm³/mol. The number of rotatable bonds is 7. The first-order chi connectivity index (χ1) is 11.6. The van der Waals surface area contributed by atoms with Crippen molar-refractivity contribution in [2.24, 2.45) is 0 Å². The number of hydrogen-bond donors (Lipinski definition) is 2. The first-order valence-electron chi connectivity index (χ1n) is 8.37. The Balaban J connectivity index is 2.97. The van der Waals surface area contributed by atoms with Crippen molar-refractivity contribution in [2.75, 3.05) is 0 Å². The van der Waals surface area contributed by atoms with Crippen LogP contribution in [0.2, 0.25) is 0 Å². The molecule has 0 radical (unpaired) electrons. The van der Waals surface area contributed by atoms with Crippen LogP contribution in [0.4, 0.5) is 4.79 Å². The molecule has 2 amide bonds. The van der Waals surface area contributed by atoms with Crippen molar-refractivity contribution in [3.63, 3.8) is 0 Å². The van der Waals surface area contributed by atoms with Gasteiger partial charge in [0.25, 0.3) is 0 Å². The topological polar surface area (TPSA) is 95.9 Å². The normalized spacial score (nSPS) is 21.3. The first kappa shape index (κ1) is 20.7. The molecule has 0 bridgehead atoms. The fourth-order valence-electron chi connectivity index (χ4n) is 2.90. The summed E-state index contributed by atoms with van der Waals surface area (Å²) in [6.45, 7) is 12.4. The van der Waals surface area contributed by atoms with Crippen molar-refractivity contribution in [3.8, 4) is 0 Å². The van der Waals surface area contributed by atoms with Gasteiger partial charge in [-0.15, -0.1) is 13.2 Å². The quantitative estimate of drug-likeness (QED) is 0.686. The average molecular weight is 352 g/mol. The van der Waals surface area contributed by atoms with E-state index in [1.54, 1.807) is 26.8 Å². The molecule has 1 aliphatic rings. The van der Waals surface area contributed by atoms with Crippen molar-refractivity contribution >= 4 is 18.0 Å². The summed E-state index contributed by atoms with van der Waals surface area (Å²) < 4.78 is 5.19. The Bertz CT molecular complexity index is 538. The maximum Gasteiger partial charge on any atom is 0.408 e. The van der Waals surface area contributed by atoms with E-state index in [-0.39, 0.29) is 12.5 Å². The number of likely N-dealkylation sites (tertiary alicyclic amines) is 1. The molecule has 3 atom stereocenters. The van der Waals surface area contributed by atoms with E-state index in [1.165, 1.54) is 11.0 Å². The highest BCUT2D eigenvalue weighted by Crippen LogP contribution is 2.28. The fourth-order valence-corrected chi connectivity index (χ4v) is 2.90. The third kappa shape index (κ3) is 5.92. The Morgan fingerprint density at radius 1 is 1.28 bits per heavy atom. The van der Waals surface area contributed by atoms with Gasteiger partial charge in [0, 0.05) is 6.04 Å². The van der Waals surface area contributed by atoms with Crippen molar-refractivity contribution < 1.29 is 24.2 Å². The number of carboxylic acid groups (broad SMARTS) is 1. The summed E-state index contributed by atoms with van der Waals surface area (Å²) >= 11 is 0. The van der Waals surface area contributed by atoms with Crippen LogP contribution in [0, 0.1) is 0 Å². The van der Waals surface area contributed by atoms with Gasteiger partial charge in [0.05, 0.1) is 0 Å². The van der Waals surface area contributed by atoms with Gasteiger partial charge >= 0.3 is 12.1 Å². The Labute approximate surface area is 148 Å². The molecule has 0 aromatic heterocycles. The van der Waals surface area contributed by atoms with Crippen molar-refractivity contribution in [1.29, 1.82) is 0 Å². The molecule has 1 fully saturated rings. The minimum atomic E-state index is -1.05. The SMILES string of the molecule is C=CCC(NC(=O)OC(C)(C)C)C(=O)N1C(CC=C)CC[C@H]1C(=O)O. The predicted octanol–water partition coefficient (Wildman–Crippen LogP) is 2.48. The average Bonchev–Trinajstić information content (AvgIpc) is 2.88. The molecular formula is C18H28N2O5. The number of carbonyl (C=O) groups excluding carboxylic acids is 2. The highest BCUT2D eigenvalue weighted by molar-refractivity contribution is 5.90. The van der Waals surface area contributed by atoms with Crippen molar-refractivity contribution in [3.05, 3.63) is 25.3 Å². The lowest BCUT2D eigenvalue weighted by molar-refractivity contribution is -0.150. The van der Waals surface area contributed by atoms with Crippen LogP contribution < -0.4 is 5.32 Å². The molecule has 7 heteroatoms. The van der Waals surface area contributed by atoms with E-state index in [9.17, 15) is 19.5 Å². The number of nitrogens with zero attached hydrogens (tertiary/aromatic N) is 1. The maximum absolute atomic E-state index is 12.9. The van der Waals surface area contributed by atoms with E-state index in [4.69, 9.17) is 4.74 Å². The third-order valence-corrected chi connectivity index (χ3v) is 3.87. The second kappa shape index (κ2) is 8.69. The van der Waals surface area contributed by atoms with Gasteiger partial charge in [0.15, 0.2) is 0 Å². The van der Waals surface area contributed by atoms with Crippen LogP contribution in [0.3, 0.4) is 0 Å². The van der Waals surface area contributed by atoms with Crippen LogP contribution in [-0.4, -0.2) is 51.7 Å². The van der Waals surface area contributed by atoms with E-state index in [0.717, 1.165) is 0 Å². The summed E-state index contributed by atoms with van der Waals surface area (Å²) in [7, 11) is 0. The first-order valence-corrected chi connectivity index (χ1v) is 8.37. The van der Waals surface area contributed by atoms with Gasteiger partial charge in [0.2, 0.25) is 5.91 Å². The van der Waals surface area contributed by atoms with Crippen LogP contribution in [0.25, 0.3) is 0 Å². The minimum Gasteiger partial charge on any atom is -0.480 e. The molecule has 2 N–H and O–H groups in total. The summed E-state index contributed by atoms with van der Waals surface area (Å²) in [6, 6.07) is -2.05. The van der Waals surface area contributed by atoms with Gasteiger partial charge in [-0.25, -0.2) is 9.59 Å². The number of nitrogens with one attached hydrogen (secondary N) is 1. The summed E-state index contributed by atoms with van der Waals surface area (Å²) in [6.07, 6.45) is 4.10.